The summed E-state index contributed by atoms with van der Waals surface area (Å²) in [5, 5.41) is 23.2. The average molecular weight is 461 g/mol. The first-order valence-corrected chi connectivity index (χ1v) is 11.1. The van der Waals surface area contributed by atoms with Crippen LogP contribution in [0.4, 0.5) is 20.7 Å². The largest absolute Gasteiger partial charge is 0.442 e. The van der Waals surface area contributed by atoms with Gasteiger partial charge in [0.2, 0.25) is 16.2 Å². The number of nitrogens with zero attached hydrogens (tertiary/aromatic N) is 4. The molecule has 0 saturated carbocycles. The van der Waals surface area contributed by atoms with E-state index in [0.29, 0.717) is 29.9 Å². The first kappa shape index (κ1) is 22.0. The van der Waals surface area contributed by atoms with E-state index >= 15 is 0 Å². The molecular formula is C20H24N6O5S. The van der Waals surface area contributed by atoms with Crippen molar-refractivity contribution < 1.29 is 24.2 Å². The van der Waals surface area contributed by atoms with Gasteiger partial charge in [0.15, 0.2) is 0 Å². The number of aliphatic hydroxyl groups is 1. The SMILES string of the molecule is CC(=O)NC[C@H]1CN(c2ccc3c(c2)CCN(c2nnc(NC(=O)CO)s2)CC3)C(=O)O1. The molecule has 4 rings (SSSR count). The van der Waals surface area contributed by atoms with Gasteiger partial charge >= 0.3 is 6.09 Å². The standard InChI is InChI=1S/C20H24N6O5S/c1-12(28)21-9-16-10-26(20(30)31-16)15-3-2-13-4-6-25(7-5-14(13)8-15)19-24-23-18(32-19)22-17(29)11-27/h2-3,8,16,27H,4-7,9-11H2,1H3,(H,21,28)(H,22,23,29)/t16-/m0/s1. The van der Waals surface area contributed by atoms with E-state index in [1.54, 1.807) is 4.90 Å². The van der Waals surface area contributed by atoms with Gasteiger partial charge in [0.05, 0.1) is 13.1 Å². The molecule has 2 aliphatic rings. The Morgan fingerprint density at radius 1 is 1.25 bits per heavy atom. The van der Waals surface area contributed by atoms with Crippen LogP contribution in [-0.4, -0.2) is 72.1 Å². The molecule has 11 nitrogen and oxygen atoms in total. The Morgan fingerprint density at radius 2 is 2.03 bits per heavy atom. The molecule has 12 heteroatoms. The predicted octanol–water partition coefficient (Wildman–Crippen LogP) is 0.535. The molecule has 1 saturated heterocycles. The first-order valence-electron chi connectivity index (χ1n) is 10.3. The summed E-state index contributed by atoms with van der Waals surface area (Å²) in [6, 6.07) is 5.98. The first-order chi connectivity index (χ1) is 15.4. The second-order valence-electron chi connectivity index (χ2n) is 7.59. The maximum Gasteiger partial charge on any atom is 0.414 e. The van der Waals surface area contributed by atoms with Crippen LogP contribution < -0.4 is 20.4 Å². The van der Waals surface area contributed by atoms with Gasteiger partial charge in [-0.05, 0) is 36.1 Å². The number of hydrogen-bond acceptors (Lipinski definition) is 9. The highest BCUT2D eigenvalue weighted by molar-refractivity contribution is 7.19. The van der Waals surface area contributed by atoms with Gasteiger partial charge < -0.3 is 20.1 Å². The number of benzene rings is 1. The zero-order chi connectivity index (χ0) is 22.7. The molecule has 32 heavy (non-hydrogen) atoms. The van der Waals surface area contributed by atoms with Crippen molar-refractivity contribution in [2.75, 3.05) is 47.9 Å². The topological polar surface area (TPSA) is 137 Å². The number of hydrogen-bond donors (Lipinski definition) is 3. The molecule has 3 N–H and O–H groups in total. The maximum atomic E-state index is 12.3. The normalized spacial score (nSPS) is 18.1. The molecule has 2 aromatic rings. The number of carbonyl (C=O) groups excluding carboxylic acids is 3. The molecule has 0 unspecified atom stereocenters. The van der Waals surface area contributed by atoms with Crippen molar-refractivity contribution in [3.8, 4) is 0 Å². The molecule has 3 amide bonds. The van der Waals surface area contributed by atoms with Crippen molar-refractivity contribution in [2.45, 2.75) is 25.9 Å². The van der Waals surface area contributed by atoms with Crippen molar-refractivity contribution in [3.63, 3.8) is 0 Å². The number of rotatable bonds is 6. The third-order valence-corrected chi connectivity index (χ3v) is 6.23. The van der Waals surface area contributed by atoms with Gasteiger partial charge in [-0.1, -0.05) is 17.4 Å². The third-order valence-electron chi connectivity index (χ3n) is 5.33. The van der Waals surface area contributed by atoms with E-state index in [4.69, 9.17) is 9.84 Å². The van der Waals surface area contributed by atoms with Crippen molar-refractivity contribution in [2.24, 2.45) is 0 Å². The van der Waals surface area contributed by atoms with E-state index in [2.05, 4.69) is 25.7 Å². The average Bonchev–Trinajstić information content (AvgIpc) is 3.32. The van der Waals surface area contributed by atoms with Crippen LogP contribution in [0.15, 0.2) is 18.2 Å². The Hall–Kier alpha value is -3.25. The highest BCUT2D eigenvalue weighted by atomic mass is 32.1. The van der Waals surface area contributed by atoms with Gasteiger partial charge in [-0.2, -0.15) is 0 Å². The number of aliphatic hydroxyl groups excluding tert-OH is 1. The van der Waals surface area contributed by atoms with Gasteiger partial charge in [-0.15, -0.1) is 10.2 Å². The van der Waals surface area contributed by atoms with E-state index < -0.39 is 18.6 Å². The van der Waals surface area contributed by atoms with Crippen LogP contribution in [0.3, 0.4) is 0 Å². The third kappa shape index (κ3) is 4.97. The molecule has 1 fully saturated rings. The fraction of sp³-hybridized carbons (Fsp3) is 0.450. The molecule has 1 aromatic heterocycles. The van der Waals surface area contributed by atoms with Crippen LogP contribution in [0.25, 0.3) is 0 Å². The number of anilines is 3. The highest BCUT2D eigenvalue weighted by Crippen LogP contribution is 2.29. The number of cyclic esters (lactones) is 1. The molecule has 0 bridgehead atoms. The van der Waals surface area contributed by atoms with E-state index in [1.165, 1.54) is 23.8 Å². The number of fused-ring (bicyclic) bond motifs is 1. The van der Waals surface area contributed by atoms with Crippen LogP contribution in [0.5, 0.6) is 0 Å². The Kier molecular flexibility index (Phi) is 6.51. The fourth-order valence-corrected chi connectivity index (χ4v) is 4.53. The molecule has 0 radical (unpaired) electrons. The second-order valence-corrected chi connectivity index (χ2v) is 8.55. The van der Waals surface area contributed by atoms with E-state index in [1.807, 2.05) is 18.2 Å². The summed E-state index contributed by atoms with van der Waals surface area (Å²) in [7, 11) is 0. The van der Waals surface area contributed by atoms with Crippen molar-refractivity contribution >= 4 is 45.2 Å². The number of amides is 3. The van der Waals surface area contributed by atoms with Gasteiger partial charge in [-0.3, -0.25) is 19.8 Å². The van der Waals surface area contributed by atoms with E-state index in [0.717, 1.165) is 30.6 Å². The van der Waals surface area contributed by atoms with Crippen LogP contribution in [0.1, 0.15) is 18.1 Å². The van der Waals surface area contributed by atoms with Crippen molar-refractivity contribution in [3.05, 3.63) is 29.3 Å². The quantitative estimate of drug-likeness (QED) is 0.568. The molecule has 0 aliphatic carbocycles. The van der Waals surface area contributed by atoms with Gasteiger partial charge in [0, 0.05) is 25.7 Å². The molecule has 3 heterocycles. The minimum absolute atomic E-state index is 0.160. The molecule has 2 aliphatic heterocycles. The summed E-state index contributed by atoms with van der Waals surface area (Å²) in [5.74, 6) is -0.685. The molecule has 1 atom stereocenters. The lowest BCUT2D eigenvalue weighted by Gasteiger charge is -2.17. The lowest BCUT2D eigenvalue weighted by Crippen LogP contribution is -2.33. The summed E-state index contributed by atoms with van der Waals surface area (Å²) in [6.07, 6.45) is 0.781. The minimum Gasteiger partial charge on any atom is -0.442 e. The van der Waals surface area contributed by atoms with Gasteiger partial charge in [0.25, 0.3) is 5.91 Å². The lowest BCUT2D eigenvalue weighted by atomic mass is 10.0. The smallest absolute Gasteiger partial charge is 0.414 e. The van der Waals surface area contributed by atoms with Crippen LogP contribution in [0, 0.1) is 0 Å². The summed E-state index contributed by atoms with van der Waals surface area (Å²) in [5.41, 5.74) is 3.14. The van der Waals surface area contributed by atoms with Crippen LogP contribution in [0.2, 0.25) is 0 Å². The number of ether oxygens (including phenoxy) is 1. The zero-order valence-corrected chi connectivity index (χ0v) is 18.4. The van der Waals surface area contributed by atoms with Crippen molar-refractivity contribution in [1.29, 1.82) is 0 Å². The van der Waals surface area contributed by atoms with Crippen LogP contribution >= 0.6 is 11.3 Å². The molecule has 1 aromatic carbocycles. The maximum absolute atomic E-state index is 12.3. The van der Waals surface area contributed by atoms with Gasteiger partial charge in [-0.25, -0.2) is 4.79 Å². The Morgan fingerprint density at radius 3 is 2.78 bits per heavy atom. The van der Waals surface area contributed by atoms with Crippen molar-refractivity contribution in [1.82, 2.24) is 15.5 Å². The Labute approximate surface area is 188 Å². The summed E-state index contributed by atoms with van der Waals surface area (Å²) >= 11 is 1.26. The number of nitrogens with one attached hydrogen (secondary N) is 2. The zero-order valence-electron chi connectivity index (χ0n) is 17.5. The molecular weight excluding hydrogens is 436 g/mol. The highest BCUT2D eigenvalue weighted by Gasteiger charge is 2.32. The monoisotopic (exact) mass is 460 g/mol. The van der Waals surface area contributed by atoms with Gasteiger partial charge in [0.1, 0.15) is 12.7 Å². The predicted molar refractivity (Wildman–Crippen MR) is 118 cm³/mol. The fourth-order valence-electron chi connectivity index (χ4n) is 3.72. The van der Waals surface area contributed by atoms with E-state index in [-0.39, 0.29) is 12.0 Å². The number of carbonyl (C=O) groups is 3. The second kappa shape index (κ2) is 9.49. The Balaban J connectivity index is 1.41. The Bertz CT molecular complexity index is 1030. The van der Waals surface area contributed by atoms with Crippen LogP contribution in [-0.2, 0) is 27.2 Å². The summed E-state index contributed by atoms with van der Waals surface area (Å²) < 4.78 is 5.36. The van der Waals surface area contributed by atoms with E-state index in [9.17, 15) is 14.4 Å². The number of aromatic nitrogens is 2. The summed E-state index contributed by atoms with van der Waals surface area (Å²) in [4.78, 5) is 38.5. The molecule has 0 spiro atoms. The minimum atomic E-state index is -0.602. The molecule has 170 valence electrons. The summed E-state index contributed by atoms with van der Waals surface area (Å²) in [6.45, 7) is 2.97. The lowest BCUT2D eigenvalue weighted by molar-refractivity contribution is -0.119.